The minimum atomic E-state index is -0.336. The van der Waals surface area contributed by atoms with Crippen molar-refractivity contribution in [2.24, 2.45) is 7.05 Å². The molecule has 0 bridgehead atoms. The van der Waals surface area contributed by atoms with Crippen LogP contribution < -0.4 is 9.80 Å². The molecule has 0 radical (unpaired) electrons. The van der Waals surface area contributed by atoms with Crippen LogP contribution in [0.25, 0.3) is 22.1 Å². The van der Waals surface area contributed by atoms with Crippen molar-refractivity contribution < 1.29 is 4.42 Å². The van der Waals surface area contributed by atoms with Crippen molar-refractivity contribution >= 4 is 39.1 Å². The second-order valence-electron chi connectivity index (χ2n) is 9.80. The first-order valence-electron chi connectivity index (χ1n) is 11.7. The van der Waals surface area contributed by atoms with Gasteiger partial charge in [0.15, 0.2) is 5.58 Å². The number of fused-ring (bicyclic) bond motifs is 4. The molecule has 1 atom stereocenters. The van der Waals surface area contributed by atoms with Crippen LogP contribution >= 0.6 is 0 Å². The Morgan fingerprint density at radius 3 is 2.41 bits per heavy atom. The van der Waals surface area contributed by atoms with Crippen molar-refractivity contribution in [3.8, 4) is 0 Å². The van der Waals surface area contributed by atoms with Crippen molar-refractivity contribution in [2.75, 3.05) is 9.80 Å². The largest absolute Gasteiger partial charge is 0.435 e. The van der Waals surface area contributed by atoms with Gasteiger partial charge in [0.1, 0.15) is 12.0 Å². The van der Waals surface area contributed by atoms with Crippen LogP contribution in [-0.2, 0) is 12.6 Å². The average Bonchev–Trinajstić information content (AvgIpc) is 3.47. The van der Waals surface area contributed by atoms with Crippen molar-refractivity contribution in [1.82, 2.24) is 14.5 Å². The van der Waals surface area contributed by atoms with Gasteiger partial charge in [-0.3, -0.25) is 0 Å². The fraction of sp³-hybridized carbons (Fsp3) is 0.286. The van der Waals surface area contributed by atoms with Gasteiger partial charge in [0.2, 0.25) is 5.71 Å². The molecule has 6 heteroatoms. The minimum Gasteiger partial charge on any atom is -0.435 e. The molecule has 6 rings (SSSR count). The van der Waals surface area contributed by atoms with Crippen LogP contribution in [0.5, 0.6) is 0 Å². The van der Waals surface area contributed by atoms with Gasteiger partial charge in [-0.15, -0.1) is 0 Å². The number of benzene rings is 2. The van der Waals surface area contributed by atoms with Gasteiger partial charge in [-0.05, 0) is 64.4 Å². The molecule has 0 unspecified atom stereocenters. The van der Waals surface area contributed by atoms with Gasteiger partial charge in [-0.25, -0.2) is 9.97 Å². The number of nitrogens with zero attached hydrogens (tertiary/aromatic N) is 5. The van der Waals surface area contributed by atoms with Crippen LogP contribution in [0.4, 0.5) is 17.1 Å². The molecule has 1 aliphatic rings. The van der Waals surface area contributed by atoms with Crippen LogP contribution in [0.15, 0.2) is 65.3 Å². The molecule has 4 heterocycles. The number of aryl methyl sites for hydroxylation is 3. The van der Waals surface area contributed by atoms with E-state index in [0.29, 0.717) is 5.71 Å². The zero-order valence-corrected chi connectivity index (χ0v) is 20.5. The molecule has 0 saturated carbocycles. The number of rotatable bonds is 3. The van der Waals surface area contributed by atoms with E-state index in [2.05, 4.69) is 96.6 Å². The third kappa shape index (κ3) is 2.74. The Labute approximate surface area is 199 Å². The highest BCUT2D eigenvalue weighted by atomic mass is 16.3. The fourth-order valence-corrected chi connectivity index (χ4v) is 5.72. The lowest BCUT2D eigenvalue weighted by Crippen LogP contribution is -2.50. The Kier molecular flexibility index (Phi) is 4.34. The van der Waals surface area contributed by atoms with E-state index in [-0.39, 0.29) is 11.7 Å². The lowest BCUT2D eigenvalue weighted by atomic mass is 10.00. The highest BCUT2D eigenvalue weighted by Gasteiger charge is 2.45. The summed E-state index contributed by atoms with van der Waals surface area (Å²) in [7, 11) is 2.06. The van der Waals surface area contributed by atoms with E-state index in [4.69, 9.17) is 9.40 Å². The maximum Gasteiger partial charge on any atom is 0.227 e. The number of para-hydroxylation sites is 2. The number of aromatic nitrogens is 3. The quantitative estimate of drug-likeness (QED) is 0.310. The summed E-state index contributed by atoms with van der Waals surface area (Å²) in [5, 5.41) is 2.14. The van der Waals surface area contributed by atoms with E-state index in [1.807, 2.05) is 25.4 Å². The monoisotopic (exact) mass is 451 g/mol. The van der Waals surface area contributed by atoms with E-state index >= 15 is 0 Å². The van der Waals surface area contributed by atoms with Crippen LogP contribution in [0, 0.1) is 13.8 Å². The summed E-state index contributed by atoms with van der Waals surface area (Å²) in [4.78, 5) is 14.3. The summed E-state index contributed by atoms with van der Waals surface area (Å²) in [6, 6.07) is 17.1. The molecule has 0 fully saturated rings. The molecular formula is C28H29N5O. The molecule has 0 aliphatic carbocycles. The predicted octanol–water partition coefficient (Wildman–Crippen LogP) is 6.57. The van der Waals surface area contributed by atoms with Gasteiger partial charge >= 0.3 is 0 Å². The smallest absolute Gasteiger partial charge is 0.227 e. The highest BCUT2D eigenvalue weighted by Crippen LogP contribution is 2.51. The van der Waals surface area contributed by atoms with E-state index in [1.54, 1.807) is 0 Å². The molecule has 3 aromatic heterocycles. The summed E-state index contributed by atoms with van der Waals surface area (Å²) in [5.74, 6) is 1.02. The number of imidazole rings is 1. The number of pyridine rings is 1. The maximum absolute atomic E-state index is 6.45. The third-order valence-electron chi connectivity index (χ3n) is 7.18. The average molecular weight is 452 g/mol. The second-order valence-corrected chi connectivity index (χ2v) is 9.80. The molecule has 1 aliphatic heterocycles. The molecular weight excluding hydrogens is 422 g/mol. The first kappa shape index (κ1) is 20.8. The Balaban J connectivity index is 1.60. The SMILES string of the molecule is Cc1ccc2c(n1)oc1c(N3c4ccccc4N(C(C)(C)c4nccn4C)[C@@H]3C)c(C)ccc12. The van der Waals surface area contributed by atoms with E-state index < -0.39 is 0 Å². The fourth-order valence-electron chi connectivity index (χ4n) is 5.72. The van der Waals surface area contributed by atoms with Gasteiger partial charge in [0.25, 0.3) is 0 Å². The van der Waals surface area contributed by atoms with E-state index in [9.17, 15) is 0 Å². The van der Waals surface area contributed by atoms with Gasteiger partial charge in [0.05, 0.1) is 22.6 Å². The lowest BCUT2D eigenvalue weighted by molar-refractivity contribution is 0.413. The number of furan rings is 1. The molecule has 0 saturated heterocycles. The number of hydrogen-bond acceptors (Lipinski definition) is 5. The summed E-state index contributed by atoms with van der Waals surface area (Å²) in [6.07, 6.45) is 3.92. The number of hydrogen-bond donors (Lipinski definition) is 0. The van der Waals surface area contributed by atoms with Gasteiger partial charge in [-0.2, -0.15) is 0 Å². The van der Waals surface area contributed by atoms with Crippen LogP contribution in [-0.4, -0.2) is 20.7 Å². The predicted molar refractivity (Wildman–Crippen MR) is 138 cm³/mol. The molecule has 5 aromatic rings. The van der Waals surface area contributed by atoms with E-state index in [0.717, 1.165) is 39.2 Å². The molecule has 0 spiro atoms. The normalized spacial score (nSPS) is 16.1. The summed E-state index contributed by atoms with van der Waals surface area (Å²) in [6.45, 7) is 10.9. The Morgan fingerprint density at radius 2 is 1.68 bits per heavy atom. The van der Waals surface area contributed by atoms with Crippen LogP contribution in [0.2, 0.25) is 0 Å². The second kappa shape index (κ2) is 7.10. The highest BCUT2D eigenvalue weighted by molar-refractivity contribution is 6.10. The van der Waals surface area contributed by atoms with Gasteiger partial charge < -0.3 is 18.8 Å². The third-order valence-corrected chi connectivity index (χ3v) is 7.18. The minimum absolute atomic E-state index is 0.0382. The Bertz CT molecular complexity index is 1560. The van der Waals surface area contributed by atoms with Crippen molar-refractivity contribution in [1.29, 1.82) is 0 Å². The molecule has 172 valence electrons. The summed E-state index contributed by atoms with van der Waals surface area (Å²) >= 11 is 0. The first-order valence-corrected chi connectivity index (χ1v) is 11.7. The Morgan fingerprint density at radius 1 is 0.941 bits per heavy atom. The molecule has 6 nitrogen and oxygen atoms in total. The summed E-state index contributed by atoms with van der Waals surface area (Å²) in [5.41, 5.74) is 6.79. The first-order chi connectivity index (χ1) is 16.3. The molecule has 0 amide bonds. The molecule has 2 aromatic carbocycles. The summed E-state index contributed by atoms with van der Waals surface area (Å²) < 4.78 is 8.55. The number of anilines is 3. The molecule has 34 heavy (non-hydrogen) atoms. The van der Waals surface area contributed by atoms with Crippen LogP contribution in [0.1, 0.15) is 37.9 Å². The van der Waals surface area contributed by atoms with Crippen molar-refractivity contribution in [3.05, 3.63) is 78.0 Å². The van der Waals surface area contributed by atoms with Gasteiger partial charge in [0, 0.05) is 35.9 Å². The Hall–Kier alpha value is -3.80. The lowest BCUT2D eigenvalue weighted by Gasteiger charge is -2.41. The zero-order chi connectivity index (χ0) is 23.8. The van der Waals surface area contributed by atoms with Crippen molar-refractivity contribution in [2.45, 2.75) is 46.3 Å². The molecule has 0 N–H and O–H groups in total. The topological polar surface area (TPSA) is 50.3 Å². The van der Waals surface area contributed by atoms with Gasteiger partial charge in [-0.1, -0.05) is 24.3 Å². The maximum atomic E-state index is 6.45. The van der Waals surface area contributed by atoms with E-state index in [1.165, 1.54) is 11.3 Å². The van der Waals surface area contributed by atoms with Crippen LogP contribution in [0.3, 0.4) is 0 Å². The van der Waals surface area contributed by atoms with Crippen molar-refractivity contribution in [3.63, 3.8) is 0 Å². The zero-order valence-electron chi connectivity index (χ0n) is 20.5. The standard InChI is InChI=1S/C28H29N5O/c1-17-11-13-20-21-14-12-18(2)30-26(21)34-25(20)24(17)32-19(3)33(23-10-8-7-9-22(23)32)28(4,5)27-29-15-16-31(27)6/h7-16,19H,1-6H3/t19-/m1/s1.